The van der Waals surface area contributed by atoms with Gasteiger partial charge in [-0.3, -0.25) is 4.99 Å². The molecular formula is C32H28N2O3. The lowest BCUT2D eigenvalue weighted by atomic mass is 9.88. The molecule has 0 saturated carbocycles. The number of hydrogen-bond acceptors (Lipinski definition) is 5. The normalized spacial score (nSPS) is 12.3. The van der Waals surface area contributed by atoms with E-state index in [0.29, 0.717) is 0 Å². The summed E-state index contributed by atoms with van der Waals surface area (Å²) < 4.78 is 6.41. The maximum atomic E-state index is 10.4. The number of aliphatic hydroxyl groups is 2. The number of aliphatic hydroxyl groups excluding tert-OH is 2. The first kappa shape index (κ1) is 23.2. The number of nitrogens with zero attached hydrogens (tertiary/aromatic N) is 2. The van der Waals surface area contributed by atoms with Crippen molar-refractivity contribution in [3.63, 3.8) is 0 Å². The van der Waals surface area contributed by atoms with Gasteiger partial charge in [0.25, 0.3) is 0 Å². The van der Waals surface area contributed by atoms with Gasteiger partial charge in [0.2, 0.25) is 0 Å². The predicted molar refractivity (Wildman–Crippen MR) is 151 cm³/mol. The van der Waals surface area contributed by atoms with Gasteiger partial charge >= 0.3 is 0 Å². The first-order valence-corrected chi connectivity index (χ1v) is 12.3. The molecule has 0 radical (unpaired) electrons. The van der Waals surface area contributed by atoms with Crippen LogP contribution in [-0.4, -0.2) is 31.4 Å². The average Bonchev–Trinajstić information content (AvgIpc) is 2.93. The van der Waals surface area contributed by atoms with Crippen molar-refractivity contribution in [1.82, 2.24) is 0 Å². The van der Waals surface area contributed by atoms with E-state index in [1.54, 1.807) is 7.05 Å². The van der Waals surface area contributed by atoms with Crippen LogP contribution in [0.25, 0.3) is 55.0 Å². The van der Waals surface area contributed by atoms with Crippen LogP contribution in [-0.2, 0) is 13.2 Å². The minimum absolute atomic E-state index is 0.0746. The van der Waals surface area contributed by atoms with Crippen LogP contribution >= 0.6 is 0 Å². The van der Waals surface area contributed by atoms with E-state index in [-0.39, 0.29) is 13.2 Å². The molecule has 1 aliphatic heterocycles. The molecule has 0 amide bonds. The summed E-state index contributed by atoms with van der Waals surface area (Å²) in [5.74, 6) is 0.763. The van der Waals surface area contributed by atoms with Crippen LogP contribution in [0.3, 0.4) is 0 Å². The average molecular weight is 489 g/mol. The van der Waals surface area contributed by atoms with Crippen molar-refractivity contribution in [1.29, 1.82) is 0 Å². The molecule has 5 heteroatoms. The molecule has 6 rings (SSSR count). The zero-order valence-corrected chi connectivity index (χ0v) is 21.1. The highest BCUT2D eigenvalue weighted by atomic mass is 16.3. The number of hydrogen-bond donors (Lipinski definition) is 2. The predicted octanol–water partition coefficient (Wildman–Crippen LogP) is 6.09. The molecule has 184 valence electrons. The van der Waals surface area contributed by atoms with Crippen molar-refractivity contribution >= 4 is 38.2 Å². The van der Waals surface area contributed by atoms with Gasteiger partial charge in [-0.15, -0.1) is 0 Å². The quantitative estimate of drug-likeness (QED) is 0.295. The van der Waals surface area contributed by atoms with Gasteiger partial charge in [0.15, 0.2) is 0 Å². The number of benzene rings is 5. The zero-order valence-electron chi connectivity index (χ0n) is 21.1. The Bertz CT molecular complexity index is 1850. The molecule has 0 bridgehead atoms. The van der Waals surface area contributed by atoms with Crippen LogP contribution < -0.4 is 10.3 Å². The summed E-state index contributed by atoms with van der Waals surface area (Å²) in [5, 5.41) is 26.4. The Kier molecular flexibility index (Phi) is 5.67. The molecule has 0 saturated heterocycles. The second kappa shape index (κ2) is 9.04. The van der Waals surface area contributed by atoms with Crippen molar-refractivity contribution < 1.29 is 14.6 Å². The van der Waals surface area contributed by atoms with E-state index in [9.17, 15) is 10.2 Å². The first-order chi connectivity index (χ1) is 18.0. The van der Waals surface area contributed by atoms with Crippen molar-refractivity contribution in [2.75, 3.05) is 26.0 Å². The first-order valence-electron chi connectivity index (χ1n) is 12.3. The van der Waals surface area contributed by atoms with Gasteiger partial charge in [-0.05, 0) is 68.6 Å². The molecule has 2 N–H and O–H groups in total. The minimum Gasteiger partial charge on any atom is -0.456 e. The monoisotopic (exact) mass is 488 g/mol. The van der Waals surface area contributed by atoms with Crippen molar-refractivity contribution in [3.05, 3.63) is 95.3 Å². The van der Waals surface area contributed by atoms with Crippen LogP contribution in [0.4, 0.5) is 5.69 Å². The molecule has 0 unspecified atom stereocenters. The summed E-state index contributed by atoms with van der Waals surface area (Å²) in [6, 6.07) is 26.6. The van der Waals surface area contributed by atoms with E-state index < -0.39 is 0 Å². The lowest BCUT2D eigenvalue weighted by Crippen LogP contribution is -2.08. The Morgan fingerprint density at radius 3 is 2.08 bits per heavy atom. The maximum absolute atomic E-state index is 10.4. The van der Waals surface area contributed by atoms with Crippen molar-refractivity contribution in [2.24, 2.45) is 4.99 Å². The standard InChI is InChI=1S/C32H28N2O3/c1-33-20-9-12-25-30(15-20)37-31-16-21(34(2)3)10-13-26(31)32(25)19-8-11-24-27(14-19)29(18-36)23-7-5-4-6-22(23)28(24)17-35/h4-16,35-36H,17-18H2,1-3H3. The summed E-state index contributed by atoms with van der Waals surface area (Å²) in [6.07, 6.45) is 0. The van der Waals surface area contributed by atoms with Gasteiger partial charge in [-0.1, -0.05) is 36.4 Å². The molecule has 5 nitrogen and oxygen atoms in total. The zero-order chi connectivity index (χ0) is 25.7. The van der Waals surface area contributed by atoms with Crippen LogP contribution in [0.5, 0.6) is 0 Å². The molecule has 2 aliphatic rings. The fraction of sp³-hybridized carbons (Fsp3) is 0.156. The Balaban J connectivity index is 1.74. The lowest BCUT2D eigenvalue weighted by Gasteiger charge is -2.19. The second-order valence-electron chi connectivity index (χ2n) is 9.54. The fourth-order valence-corrected chi connectivity index (χ4v) is 5.45. The van der Waals surface area contributed by atoms with Crippen LogP contribution in [0.15, 0.2) is 88.3 Å². The van der Waals surface area contributed by atoms with Gasteiger partial charge in [-0.2, -0.15) is 0 Å². The second-order valence-corrected chi connectivity index (χ2v) is 9.54. The molecule has 0 fully saturated rings. The lowest BCUT2D eigenvalue weighted by molar-refractivity contribution is 0.282. The Morgan fingerprint density at radius 2 is 1.41 bits per heavy atom. The molecule has 37 heavy (non-hydrogen) atoms. The third-order valence-electron chi connectivity index (χ3n) is 7.32. The number of fused-ring (bicyclic) bond motifs is 4. The summed E-state index contributed by atoms with van der Waals surface area (Å²) in [4.78, 5) is 6.40. The Hall–Kier alpha value is -4.19. The van der Waals surface area contributed by atoms with E-state index in [4.69, 9.17) is 4.42 Å². The molecule has 1 aliphatic carbocycles. The van der Waals surface area contributed by atoms with Gasteiger partial charge in [0.05, 0.1) is 18.6 Å². The minimum atomic E-state index is -0.0919. The molecule has 4 aromatic carbocycles. The van der Waals surface area contributed by atoms with E-state index in [0.717, 1.165) is 77.1 Å². The Labute approximate surface area is 214 Å². The molecule has 1 heterocycles. The fourth-order valence-electron chi connectivity index (χ4n) is 5.45. The Morgan fingerprint density at radius 1 is 0.730 bits per heavy atom. The van der Waals surface area contributed by atoms with E-state index in [1.165, 1.54) is 0 Å². The van der Waals surface area contributed by atoms with Gasteiger partial charge in [-0.25, -0.2) is 0 Å². The molecule has 4 aromatic rings. The highest BCUT2D eigenvalue weighted by Crippen LogP contribution is 2.43. The third-order valence-corrected chi connectivity index (χ3v) is 7.32. The van der Waals surface area contributed by atoms with Crippen LogP contribution in [0, 0.1) is 0 Å². The summed E-state index contributed by atoms with van der Waals surface area (Å²) in [6.45, 7) is -0.167. The largest absolute Gasteiger partial charge is 0.456 e. The van der Waals surface area contributed by atoms with Gasteiger partial charge in [0, 0.05) is 55.5 Å². The summed E-state index contributed by atoms with van der Waals surface area (Å²) in [5.41, 5.74) is 6.65. The van der Waals surface area contributed by atoms with Crippen molar-refractivity contribution in [2.45, 2.75) is 13.2 Å². The van der Waals surface area contributed by atoms with Crippen LogP contribution in [0.1, 0.15) is 11.1 Å². The van der Waals surface area contributed by atoms with Crippen molar-refractivity contribution in [3.8, 4) is 22.5 Å². The SMILES string of the molecule is CN=c1ccc2c(-c3ccc4c(CO)c5ccccc5c(CO)c4c3)c3ccc(N(C)C)cc3oc-2c1. The highest BCUT2D eigenvalue weighted by molar-refractivity contribution is 6.09. The highest BCUT2D eigenvalue weighted by Gasteiger charge is 2.20. The van der Waals surface area contributed by atoms with E-state index in [1.807, 2.05) is 50.5 Å². The molecule has 0 atom stereocenters. The smallest absolute Gasteiger partial charge is 0.137 e. The maximum Gasteiger partial charge on any atom is 0.137 e. The van der Waals surface area contributed by atoms with E-state index in [2.05, 4.69) is 52.4 Å². The van der Waals surface area contributed by atoms with Gasteiger partial charge < -0.3 is 19.5 Å². The summed E-state index contributed by atoms with van der Waals surface area (Å²) >= 11 is 0. The van der Waals surface area contributed by atoms with Crippen LogP contribution in [0.2, 0.25) is 0 Å². The van der Waals surface area contributed by atoms with Gasteiger partial charge in [0.1, 0.15) is 11.3 Å². The number of rotatable bonds is 4. The molecular weight excluding hydrogens is 460 g/mol. The molecule has 0 aromatic heterocycles. The number of anilines is 1. The van der Waals surface area contributed by atoms with E-state index >= 15 is 0 Å². The molecule has 0 spiro atoms. The topological polar surface area (TPSA) is 69.2 Å². The third kappa shape index (κ3) is 3.67. The summed E-state index contributed by atoms with van der Waals surface area (Å²) in [7, 11) is 5.80.